The molecule has 1 aromatic heterocycles. The van der Waals surface area contributed by atoms with E-state index in [4.69, 9.17) is 4.42 Å². The fourth-order valence-corrected chi connectivity index (χ4v) is 3.75. The van der Waals surface area contributed by atoms with E-state index in [9.17, 15) is 13.2 Å². The van der Waals surface area contributed by atoms with Gasteiger partial charge in [-0.05, 0) is 12.1 Å². The lowest BCUT2D eigenvalue weighted by Gasteiger charge is -2.35. The molecule has 140 valence electrons. The van der Waals surface area contributed by atoms with Gasteiger partial charge < -0.3 is 14.6 Å². The maximum atomic E-state index is 12.5. The highest BCUT2D eigenvalue weighted by Gasteiger charge is 2.30. The molecule has 1 aromatic carbocycles. The van der Waals surface area contributed by atoms with Gasteiger partial charge in [0.25, 0.3) is 10.2 Å². The van der Waals surface area contributed by atoms with Gasteiger partial charge in [0.05, 0.1) is 6.20 Å². The number of urea groups is 1. The van der Waals surface area contributed by atoms with E-state index in [-0.39, 0.29) is 19.1 Å². The number of aromatic nitrogens is 1. The molecule has 0 saturated carbocycles. The predicted octanol–water partition coefficient (Wildman–Crippen LogP) is 1.30. The number of oxazole rings is 1. The van der Waals surface area contributed by atoms with Crippen molar-refractivity contribution < 1.29 is 17.6 Å². The van der Waals surface area contributed by atoms with Gasteiger partial charge in [0, 0.05) is 51.5 Å². The molecule has 2 amide bonds. The van der Waals surface area contributed by atoms with Gasteiger partial charge in [-0.1, -0.05) is 12.1 Å². The van der Waals surface area contributed by atoms with Crippen molar-refractivity contribution in [1.82, 2.24) is 18.5 Å². The lowest BCUT2D eigenvalue weighted by Crippen LogP contribution is -2.53. The van der Waals surface area contributed by atoms with Crippen molar-refractivity contribution in [3.05, 3.63) is 36.9 Å². The van der Waals surface area contributed by atoms with Crippen LogP contribution in [0.3, 0.4) is 0 Å². The minimum absolute atomic E-state index is 0.262. The molecule has 1 N–H and O–H groups in total. The van der Waals surface area contributed by atoms with Crippen LogP contribution >= 0.6 is 0 Å². The molecule has 26 heavy (non-hydrogen) atoms. The van der Waals surface area contributed by atoms with Crippen molar-refractivity contribution in [3.63, 3.8) is 0 Å². The van der Waals surface area contributed by atoms with Gasteiger partial charge in [-0.25, -0.2) is 9.78 Å². The Morgan fingerprint density at radius 2 is 1.96 bits per heavy atom. The number of anilines is 1. The molecule has 3 rings (SSSR count). The van der Waals surface area contributed by atoms with Gasteiger partial charge in [0.1, 0.15) is 0 Å². The Kier molecular flexibility index (Phi) is 5.25. The average Bonchev–Trinajstić information content (AvgIpc) is 3.16. The highest BCUT2D eigenvalue weighted by Crippen LogP contribution is 2.22. The highest BCUT2D eigenvalue weighted by atomic mass is 32.2. The molecule has 0 spiro atoms. The van der Waals surface area contributed by atoms with E-state index in [1.165, 1.54) is 29.1 Å². The number of piperazine rings is 1. The molecule has 10 heteroatoms. The number of nitrogens with one attached hydrogen (secondary N) is 1. The Morgan fingerprint density at radius 1 is 1.23 bits per heavy atom. The first-order valence-electron chi connectivity index (χ1n) is 8.10. The van der Waals surface area contributed by atoms with E-state index in [2.05, 4.69) is 10.3 Å². The third kappa shape index (κ3) is 3.87. The minimum Gasteiger partial charge on any atom is -0.444 e. The first-order chi connectivity index (χ1) is 12.4. The summed E-state index contributed by atoms with van der Waals surface area (Å²) in [5.41, 5.74) is 1.44. The van der Waals surface area contributed by atoms with E-state index in [0.717, 1.165) is 5.56 Å². The molecular weight excluding hydrogens is 358 g/mol. The van der Waals surface area contributed by atoms with Crippen LogP contribution < -0.4 is 5.32 Å². The number of hydrogen-bond acceptors (Lipinski definition) is 5. The average molecular weight is 379 g/mol. The summed E-state index contributed by atoms with van der Waals surface area (Å²) < 4.78 is 32.1. The van der Waals surface area contributed by atoms with Gasteiger partial charge in [-0.15, -0.1) is 0 Å². The lowest BCUT2D eigenvalue weighted by atomic mass is 10.1. The van der Waals surface area contributed by atoms with Crippen LogP contribution in [0.1, 0.15) is 0 Å². The summed E-state index contributed by atoms with van der Waals surface area (Å²) in [6.07, 6.45) is 2.95. The molecule has 1 saturated heterocycles. The monoisotopic (exact) mass is 379 g/mol. The Labute approximate surface area is 152 Å². The standard InChI is InChI=1S/C16H21N5O4S/c1-19(2)26(23,24)21-8-6-20(7-9-21)16(22)18-14-5-3-4-13(10-14)15-11-17-12-25-15/h3-5,10-12H,6-9H2,1-2H3,(H,18,22). The Morgan fingerprint density at radius 3 is 2.58 bits per heavy atom. The van der Waals surface area contributed by atoms with Crippen LogP contribution in [0.5, 0.6) is 0 Å². The Balaban J connectivity index is 1.61. The Bertz CT molecular complexity index is 859. The second-order valence-electron chi connectivity index (χ2n) is 6.05. The zero-order valence-corrected chi connectivity index (χ0v) is 15.4. The van der Waals surface area contributed by atoms with E-state index in [0.29, 0.717) is 24.5 Å². The fourth-order valence-electron chi connectivity index (χ4n) is 2.66. The summed E-state index contributed by atoms with van der Waals surface area (Å²) >= 11 is 0. The molecule has 2 aromatic rings. The van der Waals surface area contributed by atoms with Gasteiger partial charge in [-0.2, -0.15) is 17.0 Å². The summed E-state index contributed by atoms with van der Waals surface area (Å²) in [6.45, 7) is 1.21. The summed E-state index contributed by atoms with van der Waals surface area (Å²) in [4.78, 5) is 17.9. The summed E-state index contributed by atoms with van der Waals surface area (Å²) in [6, 6.07) is 6.99. The van der Waals surface area contributed by atoms with E-state index >= 15 is 0 Å². The molecule has 9 nitrogen and oxygen atoms in total. The second-order valence-corrected chi connectivity index (χ2v) is 8.20. The van der Waals surface area contributed by atoms with Crippen LogP contribution in [0.4, 0.5) is 10.5 Å². The van der Waals surface area contributed by atoms with Crippen molar-refractivity contribution in [2.45, 2.75) is 0 Å². The number of nitrogens with zero attached hydrogens (tertiary/aromatic N) is 4. The molecule has 0 aliphatic carbocycles. The normalized spacial score (nSPS) is 16.0. The van der Waals surface area contributed by atoms with Crippen LogP contribution in [-0.2, 0) is 10.2 Å². The van der Waals surface area contributed by atoms with Crippen molar-refractivity contribution in [1.29, 1.82) is 0 Å². The number of rotatable bonds is 4. The van der Waals surface area contributed by atoms with E-state index in [1.807, 2.05) is 12.1 Å². The summed E-state index contributed by atoms with van der Waals surface area (Å²) in [5, 5.41) is 2.84. The number of carbonyl (C=O) groups is 1. The molecule has 1 fully saturated rings. The SMILES string of the molecule is CN(C)S(=O)(=O)N1CCN(C(=O)Nc2cccc(-c3cnco3)c2)CC1. The van der Waals surface area contributed by atoms with Crippen LogP contribution in [0.25, 0.3) is 11.3 Å². The number of benzene rings is 1. The molecular formula is C16H21N5O4S. The quantitative estimate of drug-likeness (QED) is 0.863. The third-order valence-corrected chi connectivity index (χ3v) is 6.08. The van der Waals surface area contributed by atoms with Gasteiger partial charge in [-0.3, -0.25) is 0 Å². The largest absolute Gasteiger partial charge is 0.444 e. The maximum Gasteiger partial charge on any atom is 0.321 e. The highest BCUT2D eigenvalue weighted by molar-refractivity contribution is 7.86. The summed E-state index contributed by atoms with van der Waals surface area (Å²) in [7, 11) is -0.455. The molecule has 0 unspecified atom stereocenters. The first-order valence-corrected chi connectivity index (χ1v) is 9.50. The predicted molar refractivity (Wildman–Crippen MR) is 96.7 cm³/mol. The molecule has 0 radical (unpaired) electrons. The van der Waals surface area contributed by atoms with Crippen molar-refractivity contribution in [3.8, 4) is 11.3 Å². The summed E-state index contributed by atoms with van der Waals surface area (Å²) in [5.74, 6) is 0.614. The number of hydrogen-bond donors (Lipinski definition) is 1. The first kappa shape index (κ1) is 18.4. The Hall–Kier alpha value is -2.43. The number of carbonyl (C=O) groups excluding carboxylic acids is 1. The maximum absolute atomic E-state index is 12.5. The van der Waals surface area contributed by atoms with Crippen LogP contribution in [0, 0.1) is 0 Å². The van der Waals surface area contributed by atoms with Gasteiger partial charge >= 0.3 is 6.03 Å². The second kappa shape index (κ2) is 7.44. The van der Waals surface area contributed by atoms with E-state index in [1.54, 1.807) is 23.2 Å². The molecule has 1 aliphatic heterocycles. The minimum atomic E-state index is -3.45. The lowest BCUT2D eigenvalue weighted by molar-refractivity contribution is 0.182. The zero-order chi connectivity index (χ0) is 18.7. The van der Waals surface area contributed by atoms with Crippen LogP contribution in [0.2, 0.25) is 0 Å². The van der Waals surface area contributed by atoms with Crippen LogP contribution in [0.15, 0.2) is 41.3 Å². The molecule has 0 bridgehead atoms. The molecule has 0 atom stereocenters. The van der Waals surface area contributed by atoms with Crippen LogP contribution in [-0.4, -0.2) is 73.2 Å². The molecule has 1 aliphatic rings. The van der Waals surface area contributed by atoms with Crippen molar-refractivity contribution in [2.75, 3.05) is 45.6 Å². The zero-order valence-electron chi connectivity index (χ0n) is 14.6. The fraction of sp³-hybridized carbons (Fsp3) is 0.375. The van der Waals surface area contributed by atoms with Gasteiger partial charge in [0.15, 0.2) is 12.2 Å². The van der Waals surface area contributed by atoms with Crippen molar-refractivity contribution >= 4 is 21.9 Å². The van der Waals surface area contributed by atoms with Gasteiger partial charge in [0.2, 0.25) is 0 Å². The third-order valence-electron chi connectivity index (χ3n) is 4.14. The van der Waals surface area contributed by atoms with E-state index < -0.39 is 10.2 Å². The van der Waals surface area contributed by atoms with Crippen molar-refractivity contribution in [2.24, 2.45) is 0 Å². The number of amides is 2. The smallest absolute Gasteiger partial charge is 0.321 e. The molecule has 2 heterocycles. The topological polar surface area (TPSA) is 99.0 Å².